The Morgan fingerprint density at radius 1 is 0.976 bits per heavy atom. The van der Waals surface area contributed by atoms with Crippen molar-refractivity contribution in [2.75, 3.05) is 26.0 Å². The Hall–Kier alpha value is -5.36. The third kappa shape index (κ3) is 4.80. The van der Waals surface area contributed by atoms with Gasteiger partial charge < -0.3 is 20.5 Å². The topological polar surface area (TPSA) is 76.2 Å². The molecule has 6 heteroatoms. The molecule has 2 heterocycles. The number of para-hydroxylation sites is 2. The predicted molar refractivity (Wildman–Crippen MR) is 170 cm³/mol. The maximum atomic E-state index is 12.4. The van der Waals surface area contributed by atoms with Crippen molar-refractivity contribution < 1.29 is 4.79 Å². The van der Waals surface area contributed by atoms with Gasteiger partial charge in [-0.1, -0.05) is 61.2 Å². The van der Waals surface area contributed by atoms with Crippen LogP contribution in [0.1, 0.15) is 10.4 Å². The Balaban J connectivity index is 1.54. The maximum absolute atomic E-state index is 12.4. The molecule has 0 saturated heterocycles. The van der Waals surface area contributed by atoms with Gasteiger partial charge in [-0.15, -0.1) is 0 Å². The number of nitrogens with zero attached hydrogens (tertiary/aromatic N) is 3. The number of fused-ring (bicyclic) bond motifs is 4. The fraction of sp³-hybridized carbons (Fsp3) is 0.0857. The summed E-state index contributed by atoms with van der Waals surface area (Å²) >= 11 is 0. The number of carbonyl (C=O) groups excluding carboxylic acids is 1. The molecule has 0 spiro atoms. The van der Waals surface area contributed by atoms with Crippen LogP contribution in [0.15, 0.2) is 122 Å². The zero-order chi connectivity index (χ0) is 28.5. The van der Waals surface area contributed by atoms with Gasteiger partial charge in [0.1, 0.15) is 0 Å². The lowest BCUT2D eigenvalue weighted by Gasteiger charge is -2.16. The number of hydrogen-bond acceptors (Lipinski definition) is 4. The van der Waals surface area contributed by atoms with E-state index in [0.29, 0.717) is 17.8 Å². The summed E-state index contributed by atoms with van der Waals surface area (Å²) in [6.07, 6.45) is 5.74. The lowest BCUT2D eigenvalue weighted by Crippen LogP contribution is -2.16. The summed E-state index contributed by atoms with van der Waals surface area (Å²) in [4.78, 5) is 19.1. The van der Waals surface area contributed by atoms with Crippen molar-refractivity contribution in [1.82, 2.24) is 14.5 Å². The minimum Gasteiger partial charge on any atom is -0.383 e. The molecule has 6 aromatic rings. The molecule has 0 aliphatic heterocycles. The molecule has 3 N–H and O–H groups in total. The van der Waals surface area contributed by atoms with Crippen molar-refractivity contribution >= 4 is 44.3 Å². The normalized spacial score (nSPS) is 11.7. The number of primary amides is 1. The summed E-state index contributed by atoms with van der Waals surface area (Å²) in [6, 6.07) is 30.9. The quantitative estimate of drug-likeness (QED) is 0.202. The van der Waals surface area contributed by atoms with Crippen LogP contribution in [0.3, 0.4) is 0 Å². The molecule has 1 amide bonds. The molecule has 6 nitrogen and oxygen atoms in total. The second-order valence-electron chi connectivity index (χ2n) is 10.3. The summed E-state index contributed by atoms with van der Waals surface area (Å²) in [5.74, 6) is -0.482. The van der Waals surface area contributed by atoms with E-state index in [1.165, 1.54) is 0 Å². The van der Waals surface area contributed by atoms with Crippen LogP contribution in [-0.4, -0.2) is 41.0 Å². The zero-order valence-electron chi connectivity index (χ0n) is 23.1. The number of nitrogens with two attached hydrogens (primary N) is 1. The smallest absolute Gasteiger partial charge is 0.250 e. The van der Waals surface area contributed by atoms with Gasteiger partial charge >= 0.3 is 0 Å². The summed E-state index contributed by atoms with van der Waals surface area (Å²) in [7, 11) is 3.92. The van der Waals surface area contributed by atoms with Crippen LogP contribution < -0.4 is 11.1 Å². The Morgan fingerprint density at radius 2 is 1.76 bits per heavy atom. The lowest BCUT2D eigenvalue weighted by molar-refractivity contribution is 0.100. The van der Waals surface area contributed by atoms with E-state index in [9.17, 15) is 4.79 Å². The molecule has 4 aromatic carbocycles. The first-order valence-electron chi connectivity index (χ1n) is 13.5. The van der Waals surface area contributed by atoms with Crippen LogP contribution in [-0.2, 0) is 0 Å². The maximum Gasteiger partial charge on any atom is 0.250 e. The first-order valence-corrected chi connectivity index (χ1v) is 13.5. The molecule has 0 radical (unpaired) electrons. The Kier molecular flexibility index (Phi) is 6.73. The predicted octanol–water partition coefficient (Wildman–Crippen LogP) is 7.14. The van der Waals surface area contributed by atoms with E-state index in [0.717, 1.165) is 55.1 Å². The largest absolute Gasteiger partial charge is 0.383 e. The van der Waals surface area contributed by atoms with Gasteiger partial charge in [0.2, 0.25) is 0 Å². The van der Waals surface area contributed by atoms with Gasteiger partial charge in [-0.2, -0.15) is 0 Å². The highest BCUT2D eigenvalue weighted by molar-refractivity contribution is 6.16. The number of hydrogen-bond donors (Lipinski definition) is 2. The van der Waals surface area contributed by atoms with Gasteiger partial charge in [0.05, 0.1) is 22.1 Å². The summed E-state index contributed by atoms with van der Waals surface area (Å²) < 4.78 is 2.24. The van der Waals surface area contributed by atoms with Gasteiger partial charge in [0, 0.05) is 66.1 Å². The molecule has 2 aromatic heterocycles. The molecular weight excluding hydrogens is 506 g/mol. The van der Waals surface area contributed by atoms with Gasteiger partial charge in [0.15, 0.2) is 0 Å². The number of aromatic nitrogens is 2. The molecule has 0 atom stereocenters. The average Bonchev–Trinajstić information content (AvgIpc) is 3.33. The SMILES string of the molecule is C=C/C(=C\N(C)C)CNc1cc(-n2c3ccccc3c3c(-c4cnc5ccccc5c4)cccc32)ccc1C(N)=O. The van der Waals surface area contributed by atoms with Crippen LogP contribution in [0.25, 0.3) is 49.5 Å². The Morgan fingerprint density at radius 3 is 2.56 bits per heavy atom. The van der Waals surface area contributed by atoms with Crippen LogP contribution in [0.4, 0.5) is 5.69 Å². The van der Waals surface area contributed by atoms with Crippen molar-refractivity contribution in [3.8, 4) is 16.8 Å². The molecule has 0 aliphatic rings. The van der Waals surface area contributed by atoms with E-state index in [1.54, 1.807) is 12.1 Å². The van der Waals surface area contributed by atoms with Crippen molar-refractivity contribution in [2.45, 2.75) is 0 Å². The van der Waals surface area contributed by atoms with Crippen LogP contribution in [0, 0.1) is 0 Å². The number of nitrogens with one attached hydrogen (secondary N) is 1. The zero-order valence-corrected chi connectivity index (χ0v) is 23.1. The lowest BCUT2D eigenvalue weighted by atomic mass is 9.99. The number of amides is 1. The van der Waals surface area contributed by atoms with Gasteiger partial charge in [-0.05, 0) is 53.6 Å². The van der Waals surface area contributed by atoms with Crippen molar-refractivity contribution in [3.05, 3.63) is 127 Å². The molecule has 0 fully saturated rings. The highest BCUT2D eigenvalue weighted by Crippen LogP contribution is 2.39. The third-order valence-corrected chi connectivity index (χ3v) is 7.30. The van der Waals surface area contributed by atoms with E-state index in [2.05, 4.69) is 65.0 Å². The van der Waals surface area contributed by atoms with Crippen LogP contribution in [0.5, 0.6) is 0 Å². The Bertz CT molecular complexity index is 1980. The highest BCUT2D eigenvalue weighted by atomic mass is 16.1. The first-order chi connectivity index (χ1) is 19.9. The second kappa shape index (κ2) is 10.7. The molecule has 202 valence electrons. The van der Waals surface area contributed by atoms with E-state index in [4.69, 9.17) is 10.7 Å². The molecule has 0 aliphatic carbocycles. The van der Waals surface area contributed by atoms with Gasteiger partial charge in [0.25, 0.3) is 5.91 Å². The monoisotopic (exact) mass is 537 g/mol. The standard InChI is InChI=1S/C35H31N5O/c1-4-23(22-39(2)3)20-37-31-19-26(16-17-28(31)35(36)41)40-32-14-8-6-11-29(32)34-27(12-9-15-33(34)40)25-18-24-10-5-7-13-30(24)38-21-25/h4-19,21-22,37H,1,20H2,2-3H3,(H2,36,41)/b23-22+. The van der Waals surface area contributed by atoms with Crippen molar-refractivity contribution in [3.63, 3.8) is 0 Å². The minimum atomic E-state index is -0.482. The highest BCUT2D eigenvalue weighted by Gasteiger charge is 2.18. The fourth-order valence-corrected chi connectivity index (χ4v) is 5.49. The summed E-state index contributed by atoms with van der Waals surface area (Å²) in [5, 5.41) is 6.81. The number of pyridine rings is 1. The summed E-state index contributed by atoms with van der Waals surface area (Å²) in [6.45, 7) is 4.42. The number of rotatable bonds is 8. The van der Waals surface area contributed by atoms with Gasteiger partial charge in [-0.3, -0.25) is 9.78 Å². The number of benzene rings is 4. The average molecular weight is 538 g/mol. The molecular formula is C35H31N5O. The molecule has 0 saturated carbocycles. The van der Waals surface area contributed by atoms with E-state index < -0.39 is 5.91 Å². The second-order valence-corrected chi connectivity index (χ2v) is 10.3. The Labute approximate surface area is 239 Å². The van der Waals surface area contributed by atoms with E-state index >= 15 is 0 Å². The third-order valence-electron chi connectivity index (χ3n) is 7.30. The van der Waals surface area contributed by atoms with Crippen molar-refractivity contribution in [2.24, 2.45) is 5.73 Å². The molecule has 0 unspecified atom stereocenters. The first kappa shape index (κ1) is 25.9. The molecule has 41 heavy (non-hydrogen) atoms. The van der Waals surface area contributed by atoms with Crippen LogP contribution >= 0.6 is 0 Å². The number of carbonyl (C=O) groups is 1. The molecule has 0 bridgehead atoms. The van der Waals surface area contributed by atoms with Crippen LogP contribution in [0.2, 0.25) is 0 Å². The van der Waals surface area contributed by atoms with Crippen molar-refractivity contribution in [1.29, 1.82) is 0 Å². The molecule has 6 rings (SSSR count). The summed E-state index contributed by atoms with van der Waals surface area (Å²) in [5.41, 5.74) is 14.1. The fourth-order valence-electron chi connectivity index (χ4n) is 5.49. The van der Waals surface area contributed by atoms with Gasteiger partial charge in [-0.25, -0.2) is 0 Å². The minimum absolute atomic E-state index is 0.436. The van der Waals surface area contributed by atoms with E-state index in [1.807, 2.05) is 67.8 Å². The number of anilines is 1. The van der Waals surface area contributed by atoms with E-state index in [-0.39, 0.29) is 0 Å².